The Labute approximate surface area is 226 Å². The van der Waals surface area contributed by atoms with Crippen LogP contribution in [0.3, 0.4) is 0 Å². The van der Waals surface area contributed by atoms with Crippen molar-refractivity contribution in [3.05, 3.63) is 0 Å². The molecule has 6 unspecified atom stereocenters. The Hall–Kier alpha value is 0.150. The van der Waals surface area contributed by atoms with Gasteiger partial charge in [0.05, 0.1) is 31.0 Å². The normalized spacial score (nSPS) is 50.2. The predicted molar refractivity (Wildman–Crippen MR) is 149 cm³/mol. The van der Waals surface area contributed by atoms with Gasteiger partial charge < -0.3 is 23.7 Å². The molecule has 3 aliphatic rings. The summed E-state index contributed by atoms with van der Waals surface area (Å²) in [6, 6.07) is 0. The fourth-order valence-electron chi connectivity index (χ4n) is 6.66. The zero-order chi connectivity index (χ0) is 26.7. The molecule has 6 heteroatoms. The van der Waals surface area contributed by atoms with Crippen LogP contribution in [-0.2, 0) is 23.7 Å². The highest BCUT2D eigenvalue weighted by Gasteiger charge is 2.47. The molecule has 0 bridgehead atoms. The molecule has 0 aromatic rings. The van der Waals surface area contributed by atoms with Crippen LogP contribution < -0.4 is 0 Å². The SMILES string of the molecule is CCS[C@H]1OC(CO[C@H]2OC(CC)[C@@H](C)C(C)[C@H]2C)[C@@H](C)[C@H](O[C@@H]2OC(CC)[C@H](C)C(C)[C@@H]2C)C1C. The van der Waals surface area contributed by atoms with E-state index in [0.717, 1.165) is 18.6 Å². The van der Waals surface area contributed by atoms with Crippen molar-refractivity contribution in [1.82, 2.24) is 0 Å². The van der Waals surface area contributed by atoms with E-state index in [-0.39, 0.29) is 54.3 Å². The third-order valence-electron chi connectivity index (χ3n) is 10.2. The van der Waals surface area contributed by atoms with Gasteiger partial charge in [0.2, 0.25) is 0 Å². The van der Waals surface area contributed by atoms with Gasteiger partial charge >= 0.3 is 0 Å². The molecular weight excluding hydrogens is 472 g/mol. The summed E-state index contributed by atoms with van der Waals surface area (Å²) in [4.78, 5) is 0. The van der Waals surface area contributed by atoms with Crippen LogP contribution in [0, 0.1) is 47.3 Å². The number of thioether (sulfide) groups is 1. The Balaban J connectivity index is 1.71. The summed E-state index contributed by atoms with van der Waals surface area (Å²) in [7, 11) is 0. The number of hydrogen-bond acceptors (Lipinski definition) is 6. The third-order valence-corrected chi connectivity index (χ3v) is 11.4. The molecule has 3 rings (SSSR count). The van der Waals surface area contributed by atoms with Gasteiger partial charge in [-0.1, -0.05) is 76.2 Å². The predicted octanol–water partition coefficient (Wildman–Crippen LogP) is 7.22. The lowest BCUT2D eigenvalue weighted by Gasteiger charge is -2.49. The smallest absolute Gasteiger partial charge is 0.161 e. The van der Waals surface area contributed by atoms with Crippen molar-refractivity contribution in [1.29, 1.82) is 0 Å². The van der Waals surface area contributed by atoms with Crippen LogP contribution in [0.15, 0.2) is 0 Å². The second kappa shape index (κ2) is 13.5. The molecule has 3 saturated heterocycles. The van der Waals surface area contributed by atoms with E-state index in [2.05, 4.69) is 76.2 Å². The minimum absolute atomic E-state index is 0.0296. The van der Waals surface area contributed by atoms with Crippen molar-refractivity contribution < 1.29 is 23.7 Å². The van der Waals surface area contributed by atoms with Gasteiger partial charge in [0.1, 0.15) is 5.44 Å². The lowest BCUT2D eigenvalue weighted by atomic mass is 9.78. The first-order valence-corrected chi connectivity index (χ1v) is 15.9. The quantitative estimate of drug-likeness (QED) is 0.315. The highest BCUT2D eigenvalue weighted by Crippen LogP contribution is 2.43. The van der Waals surface area contributed by atoms with E-state index >= 15 is 0 Å². The summed E-state index contributed by atoms with van der Waals surface area (Å²) in [5.74, 6) is 4.46. The third kappa shape index (κ3) is 6.47. The molecule has 3 fully saturated rings. The van der Waals surface area contributed by atoms with Gasteiger partial charge in [-0.05, 0) is 42.3 Å². The molecule has 0 aromatic carbocycles. The summed E-state index contributed by atoms with van der Waals surface area (Å²) in [5.41, 5.74) is 0.0917. The van der Waals surface area contributed by atoms with Gasteiger partial charge in [0, 0.05) is 23.7 Å². The Kier molecular flexibility index (Phi) is 11.5. The van der Waals surface area contributed by atoms with E-state index < -0.39 is 0 Å². The molecule has 0 aromatic heterocycles. The molecule has 0 saturated carbocycles. The first-order valence-electron chi connectivity index (χ1n) is 14.9. The standard InChI is InChI=1S/C30H56O5S/c1-12-24-18(6)16(4)20(8)28(32-24)31-15-26-22(10)27(23(11)30(34-26)36-14-3)35-29-21(9)17(5)19(7)25(13-2)33-29/h16-30H,12-15H2,1-11H3/t16?,17?,18-,19+,20+,21-,22+,23?,24?,25?,26?,27-,28-,29-,30+/m0/s1. The maximum absolute atomic E-state index is 6.90. The molecule has 0 amide bonds. The molecular formula is C30H56O5S. The fraction of sp³-hybridized carbons (Fsp3) is 1.00. The zero-order valence-corrected chi connectivity index (χ0v) is 25.8. The molecule has 0 N–H and O–H groups in total. The number of ether oxygens (including phenoxy) is 5. The molecule has 3 aliphatic heterocycles. The average Bonchev–Trinajstić information content (AvgIpc) is 2.87. The van der Waals surface area contributed by atoms with Crippen LogP contribution in [0.4, 0.5) is 0 Å². The van der Waals surface area contributed by atoms with Gasteiger partial charge in [0.25, 0.3) is 0 Å². The monoisotopic (exact) mass is 528 g/mol. The van der Waals surface area contributed by atoms with Crippen LogP contribution in [0.5, 0.6) is 0 Å². The van der Waals surface area contributed by atoms with Gasteiger partial charge in [-0.25, -0.2) is 0 Å². The van der Waals surface area contributed by atoms with Crippen LogP contribution in [0.1, 0.15) is 89.0 Å². The fourth-order valence-corrected chi connectivity index (χ4v) is 7.67. The van der Waals surface area contributed by atoms with Crippen molar-refractivity contribution in [2.75, 3.05) is 12.4 Å². The van der Waals surface area contributed by atoms with Gasteiger partial charge in [-0.3, -0.25) is 0 Å². The van der Waals surface area contributed by atoms with E-state index in [1.165, 1.54) is 0 Å². The first kappa shape index (κ1) is 30.7. The molecule has 3 heterocycles. The largest absolute Gasteiger partial charge is 0.361 e. The topological polar surface area (TPSA) is 46.2 Å². The lowest BCUT2D eigenvalue weighted by molar-refractivity contribution is -0.300. The molecule has 0 spiro atoms. The number of hydrogen-bond donors (Lipinski definition) is 0. The number of rotatable bonds is 9. The molecule has 0 radical (unpaired) electrons. The van der Waals surface area contributed by atoms with Crippen LogP contribution in [0.25, 0.3) is 0 Å². The van der Waals surface area contributed by atoms with Gasteiger partial charge in [-0.2, -0.15) is 0 Å². The van der Waals surface area contributed by atoms with Crippen molar-refractivity contribution in [2.45, 2.75) is 131 Å². The zero-order valence-electron chi connectivity index (χ0n) is 24.9. The maximum Gasteiger partial charge on any atom is 0.161 e. The van der Waals surface area contributed by atoms with Gasteiger partial charge in [-0.15, -0.1) is 11.8 Å². The summed E-state index contributed by atoms with van der Waals surface area (Å²) in [6.45, 7) is 25.6. The minimum atomic E-state index is -0.178. The Morgan fingerprint density at radius 2 is 1.08 bits per heavy atom. The van der Waals surface area contributed by atoms with E-state index in [4.69, 9.17) is 23.7 Å². The van der Waals surface area contributed by atoms with Crippen LogP contribution in [0.2, 0.25) is 0 Å². The molecule has 212 valence electrons. The van der Waals surface area contributed by atoms with E-state index in [0.29, 0.717) is 42.1 Å². The Morgan fingerprint density at radius 1 is 0.556 bits per heavy atom. The highest BCUT2D eigenvalue weighted by molar-refractivity contribution is 7.99. The Bertz CT molecular complexity index is 659. The van der Waals surface area contributed by atoms with Crippen molar-refractivity contribution >= 4 is 11.8 Å². The lowest BCUT2D eigenvalue weighted by Crippen LogP contribution is -2.55. The maximum atomic E-state index is 6.90. The first-order chi connectivity index (χ1) is 17.0. The molecule has 36 heavy (non-hydrogen) atoms. The average molecular weight is 529 g/mol. The Morgan fingerprint density at radius 3 is 1.61 bits per heavy atom. The van der Waals surface area contributed by atoms with E-state index in [1.54, 1.807) is 0 Å². The van der Waals surface area contributed by atoms with Crippen molar-refractivity contribution in [2.24, 2.45) is 47.3 Å². The van der Waals surface area contributed by atoms with Crippen LogP contribution >= 0.6 is 11.8 Å². The molecule has 5 nitrogen and oxygen atoms in total. The molecule has 15 atom stereocenters. The van der Waals surface area contributed by atoms with Crippen molar-refractivity contribution in [3.8, 4) is 0 Å². The highest BCUT2D eigenvalue weighted by atomic mass is 32.2. The second-order valence-electron chi connectivity index (χ2n) is 12.2. The van der Waals surface area contributed by atoms with Gasteiger partial charge in [0.15, 0.2) is 12.6 Å². The van der Waals surface area contributed by atoms with Crippen LogP contribution in [-0.4, -0.2) is 54.8 Å². The van der Waals surface area contributed by atoms with Crippen molar-refractivity contribution in [3.63, 3.8) is 0 Å². The summed E-state index contributed by atoms with van der Waals surface area (Å²) >= 11 is 1.88. The molecule has 0 aliphatic carbocycles. The van der Waals surface area contributed by atoms with E-state index in [9.17, 15) is 0 Å². The summed E-state index contributed by atoms with van der Waals surface area (Å²) in [6.07, 6.45) is 2.24. The second-order valence-corrected chi connectivity index (χ2v) is 13.6. The summed E-state index contributed by atoms with van der Waals surface area (Å²) < 4.78 is 33.1. The summed E-state index contributed by atoms with van der Waals surface area (Å²) in [5, 5.41) is 0. The minimum Gasteiger partial charge on any atom is -0.361 e. The van der Waals surface area contributed by atoms with E-state index in [1.807, 2.05) is 11.8 Å².